The van der Waals surface area contributed by atoms with E-state index in [1.165, 1.54) is 0 Å². The van der Waals surface area contributed by atoms with Crippen molar-refractivity contribution in [2.45, 2.75) is 26.7 Å². The summed E-state index contributed by atoms with van der Waals surface area (Å²) < 4.78 is 5.63. The van der Waals surface area contributed by atoms with Gasteiger partial charge in [-0.3, -0.25) is 4.79 Å². The number of amides is 1. The molecule has 1 amide bonds. The van der Waals surface area contributed by atoms with Crippen molar-refractivity contribution < 1.29 is 9.53 Å². The first kappa shape index (κ1) is 18.1. The van der Waals surface area contributed by atoms with Crippen LogP contribution >= 0.6 is 11.3 Å². The fourth-order valence-electron chi connectivity index (χ4n) is 2.49. The minimum Gasteiger partial charge on any atom is -0.494 e. The first-order valence-corrected chi connectivity index (χ1v) is 9.60. The Bertz CT molecular complexity index is 872. The topological polar surface area (TPSA) is 51.2 Å². The van der Waals surface area contributed by atoms with E-state index in [0.29, 0.717) is 12.2 Å². The van der Waals surface area contributed by atoms with Crippen LogP contribution in [0.25, 0.3) is 11.3 Å². The Kier molecular flexibility index (Phi) is 6.02. The van der Waals surface area contributed by atoms with Crippen LogP contribution in [0.4, 0.5) is 5.69 Å². The van der Waals surface area contributed by atoms with Crippen LogP contribution in [0.3, 0.4) is 0 Å². The summed E-state index contributed by atoms with van der Waals surface area (Å²) in [7, 11) is 0. The number of thiazole rings is 1. The number of nitrogens with one attached hydrogen (secondary N) is 1. The molecule has 26 heavy (non-hydrogen) atoms. The number of nitrogens with zero attached hydrogens (tertiary/aromatic N) is 1. The molecule has 2 aromatic carbocycles. The molecule has 0 atom stereocenters. The van der Waals surface area contributed by atoms with Gasteiger partial charge in [0.15, 0.2) is 0 Å². The molecule has 3 rings (SSSR count). The number of anilines is 1. The van der Waals surface area contributed by atoms with Crippen LogP contribution in [0.1, 0.15) is 35.1 Å². The van der Waals surface area contributed by atoms with E-state index in [0.717, 1.165) is 40.5 Å². The molecule has 3 aromatic rings. The summed E-state index contributed by atoms with van der Waals surface area (Å²) in [5.74, 6) is 0.646. The van der Waals surface area contributed by atoms with E-state index in [-0.39, 0.29) is 5.91 Å². The smallest absolute Gasteiger partial charge is 0.255 e. The van der Waals surface area contributed by atoms with E-state index in [1.54, 1.807) is 23.5 Å². The normalized spacial score (nSPS) is 10.5. The highest BCUT2D eigenvalue weighted by atomic mass is 32.1. The van der Waals surface area contributed by atoms with Gasteiger partial charge in [0, 0.05) is 22.2 Å². The molecule has 0 aliphatic carbocycles. The Balaban J connectivity index is 1.66. The summed E-state index contributed by atoms with van der Waals surface area (Å²) in [6.45, 7) is 4.81. The van der Waals surface area contributed by atoms with Crippen molar-refractivity contribution >= 4 is 22.9 Å². The third-order valence-electron chi connectivity index (χ3n) is 3.92. The molecule has 0 fully saturated rings. The molecular weight excluding hydrogens is 344 g/mol. The summed E-state index contributed by atoms with van der Waals surface area (Å²) in [5.41, 5.74) is 3.27. The molecule has 134 valence electrons. The van der Waals surface area contributed by atoms with Gasteiger partial charge >= 0.3 is 0 Å². The standard InChI is InChI=1S/C21H22N2O2S/c1-3-4-12-25-19-10-8-16(9-11-19)21(24)23-18-7-5-6-17(13-18)20-14-26-15(2)22-20/h5-11,13-14H,3-4,12H2,1-2H3,(H,23,24). The van der Waals surface area contributed by atoms with Crippen LogP contribution in [0.15, 0.2) is 53.9 Å². The number of unbranched alkanes of at least 4 members (excludes halogenated alkanes) is 1. The van der Waals surface area contributed by atoms with Gasteiger partial charge in [-0.2, -0.15) is 0 Å². The number of rotatable bonds is 7. The summed E-state index contributed by atoms with van der Waals surface area (Å²) in [6.07, 6.45) is 2.12. The maximum absolute atomic E-state index is 12.5. The lowest BCUT2D eigenvalue weighted by atomic mass is 10.1. The molecule has 0 radical (unpaired) electrons. The quantitative estimate of drug-likeness (QED) is 0.558. The number of carbonyl (C=O) groups is 1. The monoisotopic (exact) mass is 366 g/mol. The van der Waals surface area contributed by atoms with Crippen molar-refractivity contribution in [1.29, 1.82) is 0 Å². The van der Waals surface area contributed by atoms with Gasteiger partial charge in [-0.1, -0.05) is 25.5 Å². The zero-order valence-corrected chi connectivity index (χ0v) is 15.8. The predicted octanol–water partition coefficient (Wildman–Crippen LogP) is 5.55. The number of hydrogen-bond acceptors (Lipinski definition) is 4. The van der Waals surface area contributed by atoms with Crippen LogP contribution < -0.4 is 10.1 Å². The van der Waals surface area contributed by atoms with Crippen LogP contribution in [0.2, 0.25) is 0 Å². The zero-order chi connectivity index (χ0) is 18.4. The largest absolute Gasteiger partial charge is 0.494 e. The molecule has 0 bridgehead atoms. The fourth-order valence-corrected chi connectivity index (χ4v) is 3.11. The highest BCUT2D eigenvalue weighted by Gasteiger charge is 2.08. The highest BCUT2D eigenvalue weighted by molar-refractivity contribution is 7.09. The summed E-state index contributed by atoms with van der Waals surface area (Å²) in [5, 5.41) is 5.99. The molecule has 0 unspecified atom stereocenters. The van der Waals surface area contributed by atoms with Crippen LogP contribution in [-0.2, 0) is 0 Å². The third-order valence-corrected chi connectivity index (χ3v) is 4.69. The van der Waals surface area contributed by atoms with Crippen molar-refractivity contribution in [2.75, 3.05) is 11.9 Å². The third kappa shape index (κ3) is 4.70. The lowest BCUT2D eigenvalue weighted by molar-refractivity contribution is 0.102. The average molecular weight is 366 g/mol. The van der Waals surface area contributed by atoms with Crippen LogP contribution in [0.5, 0.6) is 5.75 Å². The highest BCUT2D eigenvalue weighted by Crippen LogP contribution is 2.24. The van der Waals surface area contributed by atoms with Gasteiger partial charge in [-0.05, 0) is 49.7 Å². The Hall–Kier alpha value is -2.66. The number of ether oxygens (including phenoxy) is 1. The number of benzene rings is 2. The Morgan fingerprint density at radius 2 is 2.00 bits per heavy atom. The second kappa shape index (κ2) is 8.63. The summed E-state index contributed by atoms with van der Waals surface area (Å²) >= 11 is 1.61. The van der Waals surface area contributed by atoms with Gasteiger partial charge in [0.1, 0.15) is 5.75 Å². The number of hydrogen-bond donors (Lipinski definition) is 1. The van der Waals surface area contributed by atoms with E-state index >= 15 is 0 Å². The second-order valence-corrected chi connectivity index (χ2v) is 7.08. The summed E-state index contributed by atoms with van der Waals surface area (Å²) in [4.78, 5) is 17.0. The number of carbonyl (C=O) groups excluding carboxylic acids is 1. The maximum atomic E-state index is 12.5. The molecule has 0 aliphatic rings. The van der Waals surface area contributed by atoms with Gasteiger partial charge in [0.05, 0.1) is 17.3 Å². The van der Waals surface area contributed by atoms with Gasteiger partial charge < -0.3 is 10.1 Å². The lowest BCUT2D eigenvalue weighted by Crippen LogP contribution is -2.11. The van der Waals surface area contributed by atoms with E-state index in [1.807, 2.05) is 48.7 Å². The molecule has 0 spiro atoms. The average Bonchev–Trinajstić information content (AvgIpc) is 3.09. The van der Waals surface area contributed by atoms with Gasteiger partial charge in [0.2, 0.25) is 0 Å². The Morgan fingerprint density at radius 3 is 2.69 bits per heavy atom. The molecule has 0 aliphatic heterocycles. The lowest BCUT2D eigenvalue weighted by Gasteiger charge is -2.08. The molecule has 1 heterocycles. The van der Waals surface area contributed by atoms with E-state index in [9.17, 15) is 4.79 Å². The predicted molar refractivity (Wildman–Crippen MR) is 107 cm³/mol. The van der Waals surface area contributed by atoms with Gasteiger partial charge in [-0.15, -0.1) is 11.3 Å². The molecule has 4 nitrogen and oxygen atoms in total. The molecule has 0 saturated heterocycles. The maximum Gasteiger partial charge on any atom is 0.255 e. The minimum absolute atomic E-state index is 0.142. The molecule has 1 N–H and O–H groups in total. The van der Waals surface area contributed by atoms with E-state index in [4.69, 9.17) is 4.74 Å². The first-order chi connectivity index (χ1) is 12.7. The van der Waals surface area contributed by atoms with Crippen molar-refractivity contribution in [1.82, 2.24) is 4.98 Å². The minimum atomic E-state index is -0.142. The van der Waals surface area contributed by atoms with Crippen LogP contribution in [0, 0.1) is 6.92 Å². The molecule has 0 saturated carbocycles. The molecule has 1 aromatic heterocycles. The zero-order valence-electron chi connectivity index (χ0n) is 15.0. The summed E-state index contributed by atoms with van der Waals surface area (Å²) in [6, 6.07) is 15.0. The van der Waals surface area contributed by atoms with Crippen molar-refractivity contribution in [3.8, 4) is 17.0 Å². The Morgan fingerprint density at radius 1 is 1.19 bits per heavy atom. The van der Waals surface area contributed by atoms with E-state index in [2.05, 4.69) is 17.2 Å². The van der Waals surface area contributed by atoms with E-state index < -0.39 is 0 Å². The first-order valence-electron chi connectivity index (χ1n) is 8.72. The molecule has 5 heteroatoms. The number of aromatic nitrogens is 1. The number of aryl methyl sites for hydroxylation is 1. The fraction of sp³-hybridized carbons (Fsp3) is 0.238. The van der Waals surface area contributed by atoms with Crippen molar-refractivity contribution in [3.05, 3.63) is 64.5 Å². The van der Waals surface area contributed by atoms with Gasteiger partial charge in [-0.25, -0.2) is 4.98 Å². The second-order valence-electron chi connectivity index (χ2n) is 6.01. The van der Waals surface area contributed by atoms with Crippen molar-refractivity contribution in [3.63, 3.8) is 0 Å². The Labute approximate surface area is 157 Å². The van der Waals surface area contributed by atoms with Crippen LogP contribution in [-0.4, -0.2) is 17.5 Å². The van der Waals surface area contributed by atoms with Gasteiger partial charge in [0.25, 0.3) is 5.91 Å². The SMILES string of the molecule is CCCCOc1ccc(C(=O)Nc2cccc(-c3csc(C)n3)c2)cc1. The molecular formula is C21H22N2O2S. The van der Waals surface area contributed by atoms with Crippen molar-refractivity contribution in [2.24, 2.45) is 0 Å².